The van der Waals surface area contributed by atoms with Gasteiger partial charge in [0.15, 0.2) is 0 Å². The molecule has 0 aromatic heterocycles. The Morgan fingerprint density at radius 3 is 2.18 bits per heavy atom. The summed E-state index contributed by atoms with van der Waals surface area (Å²) in [5.74, 6) is 0. The van der Waals surface area contributed by atoms with E-state index in [1.165, 1.54) is 0 Å². The van der Waals surface area contributed by atoms with Crippen LogP contribution in [0.2, 0.25) is 0 Å². The number of hydrogen-bond donors (Lipinski definition) is 1. The second kappa shape index (κ2) is 4.47. The maximum atomic E-state index is 10.5. The first-order valence-corrected chi connectivity index (χ1v) is 5.89. The van der Waals surface area contributed by atoms with Crippen LogP contribution < -0.4 is 5.73 Å². The van der Waals surface area contributed by atoms with Crippen molar-refractivity contribution in [2.45, 2.75) is 46.5 Å². The van der Waals surface area contributed by atoms with E-state index in [1.54, 1.807) is 6.07 Å². The van der Waals surface area contributed by atoms with Crippen LogP contribution in [0, 0.1) is 10.3 Å². The summed E-state index contributed by atoms with van der Waals surface area (Å²) in [6, 6.07) is 5.50. The molecule has 0 fully saturated rings. The first-order chi connectivity index (χ1) is 7.65. The zero-order valence-electron chi connectivity index (χ0n) is 11.4. The van der Waals surface area contributed by atoms with Gasteiger partial charge in [0.2, 0.25) is 0 Å². The standard InChI is InChI=1S/C14H22N2O/c1-13(2,3)9-14(4,5)10-6-7-12(16-17)11(15)8-10/h6-8H,9,15H2,1-5H3. The molecule has 1 aromatic carbocycles. The fourth-order valence-corrected chi connectivity index (χ4v) is 2.49. The van der Waals surface area contributed by atoms with Crippen LogP contribution in [0.3, 0.4) is 0 Å². The highest BCUT2D eigenvalue weighted by molar-refractivity contribution is 5.63. The molecule has 3 nitrogen and oxygen atoms in total. The third-order valence-electron chi connectivity index (χ3n) is 2.88. The minimum Gasteiger partial charge on any atom is -0.397 e. The van der Waals surface area contributed by atoms with E-state index in [2.05, 4.69) is 39.8 Å². The maximum Gasteiger partial charge on any atom is 0.130 e. The summed E-state index contributed by atoms with van der Waals surface area (Å²) < 4.78 is 0. The van der Waals surface area contributed by atoms with Gasteiger partial charge in [-0.1, -0.05) is 40.7 Å². The monoisotopic (exact) mass is 234 g/mol. The Kier molecular flexibility index (Phi) is 3.60. The lowest BCUT2D eigenvalue weighted by Crippen LogP contribution is -2.24. The van der Waals surface area contributed by atoms with Gasteiger partial charge < -0.3 is 5.73 Å². The molecule has 0 saturated carbocycles. The SMILES string of the molecule is CC(C)(C)CC(C)(C)c1ccc(N=O)c(N)c1. The van der Waals surface area contributed by atoms with Gasteiger partial charge in [-0.3, -0.25) is 0 Å². The number of nitrogens with two attached hydrogens (primary N) is 1. The van der Waals surface area contributed by atoms with Gasteiger partial charge in [0.25, 0.3) is 0 Å². The molecule has 3 heteroatoms. The van der Waals surface area contributed by atoms with Crippen molar-refractivity contribution in [2.24, 2.45) is 10.6 Å². The van der Waals surface area contributed by atoms with Gasteiger partial charge in [-0.2, -0.15) is 0 Å². The molecule has 1 rings (SSSR count). The van der Waals surface area contributed by atoms with Gasteiger partial charge in [0.05, 0.1) is 5.69 Å². The number of rotatable bonds is 3. The Bertz CT molecular complexity index is 417. The van der Waals surface area contributed by atoms with Crippen molar-refractivity contribution in [1.29, 1.82) is 0 Å². The van der Waals surface area contributed by atoms with Crippen molar-refractivity contribution < 1.29 is 0 Å². The van der Waals surface area contributed by atoms with Crippen LogP contribution in [0.4, 0.5) is 11.4 Å². The van der Waals surface area contributed by atoms with E-state index in [0.29, 0.717) is 11.4 Å². The average molecular weight is 234 g/mol. The number of nitrogen functional groups attached to an aromatic ring is 1. The number of nitroso groups, excluding NO2 is 1. The second-order valence-electron chi connectivity index (χ2n) is 6.49. The molecule has 1 aromatic rings. The molecule has 0 aliphatic heterocycles. The quantitative estimate of drug-likeness (QED) is 0.623. The van der Waals surface area contributed by atoms with Crippen LogP contribution in [0.25, 0.3) is 0 Å². The summed E-state index contributed by atoms with van der Waals surface area (Å²) >= 11 is 0. The molecule has 0 atom stereocenters. The molecule has 0 saturated heterocycles. The van der Waals surface area contributed by atoms with Crippen LogP contribution in [-0.4, -0.2) is 0 Å². The number of hydrogen-bond acceptors (Lipinski definition) is 3. The van der Waals surface area contributed by atoms with Gasteiger partial charge in [-0.15, -0.1) is 4.91 Å². The molecular formula is C14H22N2O. The normalized spacial score (nSPS) is 12.5. The topological polar surface area (TPSA) is 55.5 Å². The fraction of sp³-hybridized carbons (Fsp3) is 0.571. The number of nitrogens with zero attached hydrogens (tertiary/aromatic N) is 1. The Hall–Kier alpha value is -1.38. The largest absolute Gasteiger partial charge is 0.397 e. The van der Waals surface area contributed by atoms with Crippen molar-refractivity contribution in [1.82, 2.24) is 0 Å². The van der Waals surface area contributed by atoms with Crippen LogP contribution in [0.15, 0.2) is 23.4 Å². The highest BCUT2D eigenvalue weighted by Gasteiger charge is 2.27. The summed E-state index contributed by atoms with van der Waals surface area (Å²) in [7, 11) is 0. The van der Waals surface area contributed by atoms with Gasteiger partial charge in [0, 0.05) is 0 Å². The Morgan fingerprint density at radius 2 is 1.76 bits per heavy atom. The van der Waals surface area contributed by atoms with Crippen LogP contribution in [0.5, 0.6) is 0 Å². The molecule has 0 heterocycles. The minimum absolute atomic E-state index is 0.0355. The van der Waals surface area contributed by atoms with Crippen molar-refractivity contribution in [3.8, 4) is 0 Å². The Labute approximate surface area is 103 Å². The predicted molar refractivity (Wildman–Crippen MR) is 73.4 cm³/mol. The summed E-state index contributed by atoms with van der Waals surface area (Å²) in [5.41, 5.74) is 8.01. The minimum atomic E-state index is 0.0355. The van der Waals surface area contributed by atoms with E-state index < -0.39 is 0 Å². The van der Waals surface area contributed by atoms with Crippen LogP contribution in [-0.2, 0) is 5.41 Å². The molecule has 0 unspecified atom stereocenters. The third-order valence-corrected chi connectivity index (χ3v) is 2.88. The third kappa shape index (κ3) is 3.55. The summed E-state index contributed by atoms with van der Waals surface area (Å²) in [5, 5.41) is 2.89. The first kappa shape index (κ1) is 13.7. The molecule has 94 valence electrons. The molecule has 17 heavy (non-hydrogen) atoms. The highest BCUT2D eigenvalue weighted by Crippen LogP contribution is 2.38. The zero-order valence-corrected chi connectivity index (χ0v) is 11.4. The van der Waals surface area contributed by atoms with E-state index in [9.17, 15) is 4.91 Å². The molecule has 2 N–H and O–H groups in total. The number of anilines is 1. The van der Waals surface area contributed by atoms with E-state index >= 15 is 0 Å². The molecule has 0 spiro atoms. The number of benzene rings is 1. The fourth-order valence-electron chi connectivity index (χ4n) is 2.49. The van der Waals surface area contributed by atoms with Crippen LogP contribution in [0.1, 0.15) is 46.6 Å². The Morgan fingerprint density at radius 1 is 1.18 bits per heavy atom. The molecule has 0 radical (unpaired) electrons. The van der Waals surface area contributed by atoms with Crippen molar-refractivity contribution in [2.75, 3.05) is 5.73 Å². The van der Waals surface area contributed by atoms with Crippen LogP contribution >= 0.6 is 0 Å². The zero-order chi connectivity index (χ0) is 13.3. The highest BCUT2D eigenvalue weighted by atomic mass is 16.3. The molecule has 0 bridgehead atoms. The van der Waals surface area contributed by atoms with Gasteiger partial charge in [-0.05, 0) is 40.1 Å². The molecular weight excluding hydrogens is 212 g/mol. The van der Waals surface area contributed by atoms with Gasteiger partial charge >= 0.3 is 0 Å². The lowest BCUT2D eigenvalue weighted by molar-refractivity contribution is 0.284. The average Bonchev–Trinajstić information content (AvgIpc) is 2.13. The maximum absolute atomic E-state index is 10.5. The van der Waals surface area contributed by atoms with Crippen molar-refractivity contribution >= 4 is 11.4 Å². The van der Waals surface area contributed by atoms with E-state index in [-0.39, 0.29) is 10.8 Å². The van der Waals surface area contributed by atoms with Gasteiger partial charge in [-0.25, -0.2) is 0 Å². The smallest absolute Gasteiger partial charge is 0.130 e. The molecule has 0 aliphatic rings. The van der Waals surface area contributed by atoms with E-state index in [0.717, 1.165) is 12.0 Å². The molecule has 0 aliphatic carbocycles. The summed E-state index contributed by atoms with van der Waals surface area (Å²) in [4.78, 5) is 10.5. The lowest BCUT2D eigenvalue weighted by atomic mass is 9.72. The summed E-state index contributed by atoms with van der Waals surface area (Å²) in [6.45, 7) is 11.1. The Balaban J connectivity index is 3.07. The van der Waals surface area contributed by atoms with E-state index in [1.807, 2.05) is 12.1 Å². The molecule has 0 amide bonds. The van der Waals surface area contributed by atoms with Crippen molar-refractivity contribution in [3.63, 3.8) is 0 Å². The van der Waals surface area contributed by atoms with Crippen molar-refractivity contribution in [3.05, 3.63) is 28.7 Å². The predicted octanol–water partition coefficient (Wildman–Crippen LogP) is 4.38. The van der Waals surface area contributed by atoms with Gasteiger partial charge in [0.1, 0.15) is 5.69 Å². The summed E-state index contributed by atoms with van der Waals surface area (Å²) in [6.07, 6.45) is 1.05. The van der Waals surface area contributed by atoms with E-state index in [4.69, 9.17) is 5.73 Å². The first-order valence-electron chi connectivity index (χ1n) is 5.89. The lowest BCUT2D eigenvalue weighted by Gasteiger charge is -2.33. The second-order valence-corrected chi connectivity index (χ2v) is 6.49.